The van der Waals surface area contributed by atoms with Crippen molar-refractivity contribution in [3.05, 3.63) is 213 Å². The van der Waals surface area contributed by atoms with Crippen LogP contribution >= 0.6 is 22.7 Å². The number of hydrazine groups is 2. The molecule has 22 nitrogen and oxygen atoms in total. The predicted octanol–water partition coefficient (Wildman–Crippen LogP) is 13.5. The van der Waals surface area contributed by atoms with E-state index < -0.39 is 60.4 Å². The van der Waals surface area contributed by atoms with Crippen LogP contribution in [0.5, 0.6) is 11.5 Å². The van der Waals surface area contributed by atoms with Crippen molar-refractivity contribution in [2.75, 3.05) is 40.5 Å². The van der Waals surface area contributed by atoms with E-state index in [1.807, 2.05) is 158 Å². The van der Waals surface area contributed by atoms with Gasteiger partial charge in [0.1, 0.15) is 46.4 Å². The first-order valence-electron chi connectivity index (χ1n) is 34.1. The van der Waals surface area contributed by atoms with Gasteiger partial charge in [-0.05, 0) is 97.7 Å². The van der Waals surface area contributed by atoms with Crippen LogP contribution in [0.2, 0.25) is 0 Å². The average Bonchev–Trinajstić information content (AvgIpc) is 1.67. The van der Waals surface area contributed by atoms with Crippen molar-refractivity contribution in [2.45, 2.75) is 161 Å². The first kappa shape index (κ1) is 77.2. The monoisotopic (exact) mass is 1430 g/mol. The Morgan fingerprint density at radius 3 is 1.33 bits per heavy atom. The highest BCUT2D eigenvalue weighted by atomic mass is 32.1. The van der Waals surface area contributed by atoms with Gasteiger partial charge >= 0.3 is 24.4 Å². The summed E-state index contributed by atoms with van der Waals surface area (Å²) in [5.41, 5.74) is 14.0. The Morgan fingerprint density at radius 2 is 0.941 bits per heavy atom. The zero-order valence-electron chi connectivity index (χ0n) is 59.9. The van der Waals surface area contributed by atoms with Crippen molar-refractivity contribution >= 4 is 47.0 Å². The van der Waals surface area contributed by atoms with Gasteiger partial charge in [-0.15, -0.1) is 22.7 Å². The number of nitrogens with one attached hydrogen (secondary N) is 4. The molecule has 0 saturated carbocycles. The van der Waals surface area contributed by atoms with Crippen molar-refractivity contribution in [1.29, 1.82) is 0 Å². The second-order valence-electron chi connectivity index (χ2n) is 28.3. The number of amides is 4. The molecule has 10 rings (SSSR count). The van der Waals surface area contributed by atoms with E-state index in [-0.39, 0.29) is 75.5 Å². The topological polar surface area (TPSA) is 263 Å². The third-order valence-electron chi connectivity index (χ3n) is 16.8. The van der Waals surface area contributed by atoms with Crippen LogP contribution in [0.4, 0.5) is 19.2 Å². The van der Waals surface area contributed by atoms with Crippen LogP contribution in [-0.2, 0) is 78.4 Å². The summed E-state index contributed by atoms with van der Waals surface area (Å²) >= 11 is 3.21. The molecule has 102 heavy (non-hydrogen) atoms. The molecule has 0 radical (unpaired) electrons. The molecule has 6 N–H and O–H groups in total. The van der Waals surface area contributed by atoms with Gasteiger partial charge in [-0.3, -0.25) is 10.9 Å². The molecule has 4 heterocycles. The lowest BCUT2D eigenvalue weighted by Gasteiger charge is -2.31. The Morgan fingerprint density at radius 1 is 0.529 bits per heavy atom. The molecule has 4 amide bonds. The number of benzene rings is 6. The van der Waals surface area contributed by atoms with Gasteiger partial charge in [-0.25, -0.2) is 39.2 Å². The number of hydrogen-bond donors (Lipinski definition) is 6. The molecule has 0 aliphatic carbocycles. The lowest BCUT2D eigenvalue weighted by atomic mass is 9.93. The number of thiazole rings is 2. The zero-order chi connectivity index (χ0) is 73.0. The maximum atomic E-state index is 13.3. The van der Waals surface area contributed by atoms with Crippen LogP contribution in [0.3, 0.4) is 0 Å². The van der Waals surface area contributed by atoms with Gasteiger partial charge in [-0.2, -0.15) is 0 Å². The fourth-order valence-electron chi connectivity index (χ4n) is 11.1. The SMILES string of the molecule is COc1ccc(C[C@H](NC(=O)OC(C)(C)C)[C@@H](O)CN(Cc2ccc(-c3nc(C(C)(C)C)cs3)cc2)NC(=O)OCc2ccccc2)cc1.COc1ccc(C[C@H](NC(=O)O[C@H]2CO[C@H]3OCC[C@H]32)[C@@H](O)CN(Cc2ccc(-c3nc(C(C)(C)C)cs3)cc2)NC(=O)OCc2ccccc2)cc1. The first-order valence-corrected chi connectivity index (χ1v) is 35.9. The maximum absolute atomic E-state index is 13.3. The summed E-state index contributed by atoms with van der Waals surface area (Å²) in [6.45, 7) is 19.5. The molecule has 8 aromatic rings. The zero-order valence-corrected chi connectivity index (χ0v) is 61.5. The number of methoxy groups -OCH3 is 2. The van der Waals surface area contributed by atoms with Gasteiger partial charge < -0.3 is 58.7 Å². The van der Waals surface area contributed by atoms with Gasteiger partial charge in [0.05, 0.1) is 69.0 Å². The molecule has 7 atom stereocenters. The maximum Gasteiger partial charge on any atom is 0.422 e. The largest absolute Gasteiger partial charge is 0.497 e. The van der Waals surface area contributed by atoms with Crippen molar-refractivity contribution < 1.29 is 67.3 Å². The Bertz CT molecular complexity index is 3920. The van der Waals surface area contributed by atoms with Crippen LogP contribution < -0.4 is 31.0 Å². The van der Waals surface area contributed by atoms with E-state index in [9.17, 15) is 29.4 Å². The normalized spacial score (nSPS) is 16.3. The van der Waals surface area contributed by atoms with Gasteiger partial charge in [0.25, 0.3) is 0 Å². The minimum Gasteiger partial charge on any atom is -0.497 e. The lowest BCUT2D eigenvalue weighted by molar-refractivity contribution is -0.0907. The number of alkyl carbamates (subject to hydrolysis) is 2. The van der Waals surface area contributed by atoms with E-state index in [0.717, 1.165) is 72.3 Å². The fourth-order valence-corrected chi connectivity index (χ4v) is 13.3. The second kappa shape index (κ2) is 36.2. The molecule has 2 aliphatic rings. The van der Waals surface area contributed by atoms with E-state index >= 15 is 0 Å². The molecule has 544 valence electrons. The van der Waals surface area contributed by atoms with E-state index in [1.54, 1.807) is 67.7 Å². The summed E-state index contributed by atoms with van der Waals surface area (Å²) in [6, 6.07) is 47.9. The molecule has 2 aliphatic heterocycles. The number of carbonyl (C=O) groups excluding carboxylic acids is 4. The number of hydrogen-bond acceptors (Lipinski definition) is 20. The van der Waals surface area contributed by atoms with Gasteiger partial charge in [-0.1, -0.05) is 175 Å². The summed E-state index contributed by atoms with van der Waals surface area (Å²) in [5, 5.41) is 38.3. The number of ether oxygens (including phenoxy) is 8. The fraction of sp³-hybridized carbons (Fsp3) is 0.410. The molecular weight excluding hydrogens is 1340 g/mol. The summed E-state index contributed by atoms with van der Waals surface area (Å²) in [5.74, 6) is 1.35. The Hall–Kier alpha value is -8.98. The average molecular weight is 1430 g/mol. The van der Waals surface area contributed by atoms with Crippen molar-refractivity contribution in [3.8, 4) is 32.6 Å². The lowest BCUT2D eigenvalue weighted by Crippen LogP contribution is -2.53. The number of carbonyl (C=O) groups is 4. The van der Waals surface area contributed by atoms with Crippen LogP contribution in [0.1, 0.15) is 114 Å². The Kier molecular flexibility index (Phi) is 27.4. The van der Waals surface area contributed by atoms with Crippen LogP contribution in [0, 0.1) is 5.92 Å². The number of fused-ring (bicyclic) bond motifs is 1. The van der Waals surface area contributed by atoms with Crippen molar-refractivity contribution in [2.24, 2.45) is 5.92 Å². The highest BCUT2D eigenvalue weighted by molar-refractivity contribution is 7.13. The predicted molar refractivity (Wildman–Crippen MR) is 392 cm³/mol. The van der Waals surface area contributed by atoms with Crippen molar-refractivity contribution in [3.63, 3.8) is 0 Å². The quantitative estimate of drug-likeness (QED) is 0.0206. The molecule has 0 spiro atoms. The second-order valence-corrected chi connectivity index (χ2v) is 30.0. The minimum absolute atomic E-state index is 0.0275. The van der Waals surface area contributed by atoms with Gasteiger partial charge in [0.2, 0.25) is 0 Å². The molecule has 0 bridgehead atoms. The minimum atomic E-state index is -1.15. The molecular formula is C78H96N8O14S2. The number of aromatic nitrogens is 2. The summed E-state index contributed by atoms with van der Waals surface area (Å²) < 4.78 is 44.2. The number of aliphatic hydroxyl groups is 2. The van der Waals surface area contributed by atoms with Gasteiger partial charge in [0.15, 0.2) is 6.29 Å². The van der Waals surface area contributed by atoms with Crippen LogP contribution in [0.25, 0.3) is 21.1 Å². The molecule has 24 heteroatoms. The first-order chi connectivity index (χ1) is 48.7. The number of aliphatic hydroxyl groups excluding tert-OH is 2. The Labute approximate surface area is 605 Å². The highest BCUT2D eigenvalue weighted by Crippen LogP contribution is 2.35. The molecule has 2 saturated heterocycles. The standard InChI is InChI=1S/C40H48N4O8S.C38H48N4O6S/c1-40(2,3)35-25-53-36(42-35)29-14-10-27(11-15-29)21-44(43-39(47)51-23-28-8-6-5-7-9-28)22-33(45)32(20-26-12-16-30(48-4)17-13-26)41-38(46)52-34-24-50-37-31(34)18-19-49-37;1-37(2,3)33-25-49-34(40-33)29-17-13-27(14-18-29)22-42(41-36(45)47-24-28-11-9-8-10-12-28)23-32(43)31(39-35(44)48-38(4,5)6)21-26-15-19-30(46-7)20-16-26/h5-17,25,31-34,37,45H,18-24H2,1-4H3,(H,41,46)(H,43,47);8-20,25,31-32,43H,21-24H2,1-7H3,(H,39,44)(H,41,45)/t31-,32-,33-,34-,37+;31-,32-/m00/s1. The molecule has 2 fully saturated rings. The van der Waals surface area contributed by atoms with Crippen LogP contribution in [0.15, 0.2) is 168 Å². The van der Waals surface area contributed by atoms with E-state index in [2.05, 4.69) is 73.8 Å². The molecule has 2 aromatic heterocycles. The number of nitrogens with zero attached hydrogens (tertiary/aromatic N) is 4. The molecule has 6 aromatic carbocycles. The summed E-state index contributed by atoms with van der Waals surface area (Å²) in [4.78, 5) is 62.0. The van der Waals surface area contributed by atoms with E-state index in [1.165, 1.54) is 0 Å². The Balaban J connectivity index is 0.000000238. The third-order valence-corrected chi connectivity index (χ3v) is 18.6. The number of rotatable bonds is 27. The summed E-state index contributed by atoms with van der Waals surface area (Å²) in [7, 11) is 3.18. The van der Waals surface area contributed by atoms with Gasteiger partial charge in [0, 0.05) is 58.9 Å². The van der Waals surface area contributed by atoms with E-state index in [0.29, 0.717) is 24.5 Å². The highest BCUT2D eigenvalue weighted by Gasteiger charge is 2.44. The van der Waals surface area contributed by atoms with Crippen LogP contribution in [-0.4, -0.2) is 137 Å². The third kappa shape index (κ3) is 24.1. The summed E-state index contributed by atoms with van der Waals surface area (Å²) in [6.07, 6.45) is -4.43. The molecule has 0 unspecified atom stereocenters. The smallest absolute Gasteiger partial charge is 0.422 e. The van der Waals surface area contributed by atoms with Crippen molar-refractivity contribution in [1.82, 2.24) is 41.5 Å². The van der Waals surface area contributed by atoms with E-state index in [4.69, 9.17) is 47.9 Å².